The van der Waals surface area contributed by atoms with Gasteiger partial charge in [-0.3, -0.25) is 4.79 Å². The molecule has 2 atom stereocenters. The normalized spacial score (nSPS) is 17.9. The highest BCUT2D eigenvalue weighted by molar-refractivity contribution is 7.84. The first-order chi connectivity index (χ1) is 29.2. The largest absolute Gasteiger partial charge is 0.457 e. The fourth-order valence-corrected chi connectivity index (χ4v) is 11.7. The van der Waals surface area contributed by atoms with Gasteiger partial charge < -0.3 is 9.47 Å². The van der Waals surface area contributed by atoms with Crippen LogP contribution in [-0.4, -0.2) is 32.3 Å². The Morgan fingerprint density at radius 3 is 1.35 bits per heavy atom. The zero-order valence-corrected chi connectivity index (χ0v) is 35.6. The predicted octanol–water partition coefficient (Wildman–Crippen LogP) is 11.5. The number of Topliss-reactive ketones (excluding diaryl/α,β-unsaturated/α-hetero) is 1. The molecule has 10 rings (SSSR count). The molecule has 0 aliphatic heterocycles. The highest BCUT2D eigenvalue weighted by Crippen LogP contribution is 2.55. The number of carbonyl (C=O) groups is 3. The molecule has 0 saturated carbocycles. The van der Waals surface area contributed by atoms with E-state index in [9.17, 15) is 14.4 Å². The van der Waals surface area contributed by atoms with Gasteiger partial charge in [0.25, 0.3) is 0 Å². The number of hydrogen-bond donors (Lipinski definition) is 0. The van der Waals surface area contributed by atoms with Crippen LogP contribution in [0.5, 0.6) is 0 Å². The lowest BCUT2D eigenvalue weighted by molar-refractivity contribution is -0.138. The quantitative estimate of drug-likeness (QED) is 0.0851. The van der Waals surface area contributed by atoms with Crippen molar-refractivity contribution in [2.45, 2.75) is 25.0 Å². The molecular weight excluding hydrogens is 841 g/mol. The minimum atomic E-state index is -0.465. The molecule has 4 aliphatic carbocycles. The second-order valence-electron chi connectivity index (χ2n) is 14.7. The first kappa shape index (κ1) is 38.3. The number of hydrogen-bond acceptors (Lipinski definition) is 10. The van der Waals surface area contributed by atoms with E-state index in [0.29, 0.717) is 42.4 Å². The van der Waals surface area contributed by atoms with E-state index in [1.165, 1.54) is 11.3 Å². The molecule has 2 heterocycles. The van der Waals surface area contributed by atoms with Crippen molar-refractivity contribution in [2.75, 3.05) is 0 Å². The van der Waals surface area contributed by atoms with Crippen LogP contribution in [0.4, 0.5) is 0 Å². The topological polar surface area (TPSA) is 69.7 Å². The van der Waals surface area contributed by atoms with Crippen LogP contribution in [-0.2, 0) is 32.3 Å². The van der Waals surface area contributed by atoms with Crippen molar-refractivity contribution in [3.63, 3.8) is 0 Å². The molecule has 60 heavy (non-hydrogen) atoms. The molecular formula is C50H30O5S5. The fraction of sp³-hybridized carbons (Fsp3) is 0.0800. The zero-order valence-electron chi connectivity index (χ0n) is 31.5. The van der Waals surface area contributed by atoms with Crippen molar-refractivity contribution in [3.8, 4) is 0 Å². The number of thiophene rings is 2. The van der Waals surface area contributed by atoms with E-state index >= 15 is 0 Å². The van der Waals surface area contributed by atoms with Crippen LogP contribution in [0.1, 0.15) is 80.6 Å². The van der Waals surface area contributed by atoms with Gasteiger partial charge in [-0.2, -0.15) is 0 Å². The molecule has 0 saturated heterocycles. The number of fused-ring (bicyclic) bond motifs is 7. The third-order valence-electron chi connectivity index (χ3n) is 11.1. The summed E-state index contributed by atoms with van der Waals surface area (Å²) in [4.78, 5) is 47.4. The zero-order chi connectivity index (χ0) is 41.1. The Labute approximate surface area is 370 Å². The molecule has 2 unspecified atom stereocenters. The molecule has 0 spiro atoms. The highest BCUT2D eigenvalue weighted by atomic mass is 32.1. The Kier molecular flexibility index (Phi) is 9.98. The first-order valence-electron chi connectivity index (χ1n) is 19.2. The lowest BCUT2D eigenvalue weighted by Crippen LogP contribution is -2.22. The number of ketones is 1. The predicted molar refractivity (Wildman–Crippen MR) is 251 cm³/mol. The molecule has 0 N–H and O–H groups in total. The summed E-state index contributed by atoms with van der Waals surface area (Å²) in [5.41, 5.74) is 8.43. The van der Waals surface area contributed by atoms with Gasteiger partial charge in [0, 0.05) is 75.9 Å². The molecule has 6 aromatic rings. The van der Waals surface area contributed by atoms with E-state index < -0.39 is 11.9 Å². The van der Waals surface area contributed by atoms with Crippen LogP contribution in [0.25, 0.3) is 23.3 Å². The Bertz CT molecular complexity index is 2720. The molecule has 4 aromatic carbocycles. The number of thiocarbonyl (C=S) groups is 3. The molecule has 290 valence electrons. The van der Waals surface area contributed by atoms with Gasteiger partial charge in [0.2, 0.25) is 0 Å². The van der Waals surface area contributed by atoms with Crippen molar-refractivity contribution < 1.29 is 23.9 Å². The minimum absolute atomic E-state index is 0.101. The maximum absolute atomic E-state index is 14.2. The summed E-state index contributed by atoms with van der Waals surface area (Å²) < 4.78 is 12.0. The molecule has 10 heteroatoms. The monoisotopic (exact) mass is 870 g/mol. The smallest absolute Gasteiger partial charge is 0.338 e. The van der Waals surface area contributed by atoms with Crippen LogP contribution in [0.3, 0.4) is 0 Å². The van der Waals surface area contributed by atoms with Gasteiger partial charge in [-0.15, -0.1) is 22.7 Å². The lowest BCUT2D eigenvalue weighted by Gasteiger charge is -2.32. The maximum Gasteiger partial charge on any atom is 0.338 e. The molecule has 0 amide bonds. The van der Waals surface area contributed by atoms with E-state index in [0.717, 1.165) is 58.5 Å². The van der Waals surface area contributed by atoms with Crippen molar-refractivity contribution >= 4 is 115 Å². The summed E-state index contributed by atoms with van der Waals surface area (Å²) in [6.45, 7) is 0.210. The minimum Gasteiger partial charge on any atom is -0.457 e. The number of esters is 2. The van der Waals surface area contributed by atoms with Gasteiger partial charge in [0.05, 0.1) is 25.7 Å². The van der Waals surface area contributed by atoms with Crippen molar-refractivity contribution in [3.05, 3.63) is 209 Å². The number of allylic oxidation sites excluding steroid dienone is 4. The van der Waals surface area contributed by atoms with Gasteiger partial charge in [0.1, 0.15) is 13.2 Å². The number of ether oxygens (including phenoxy) is 2. The maximum atomic E-state index is 14.2. The summed E-state index contributed by atoms with van der Waals surface area (Å²) >= 11 is 20.7. The SMILES string of the molecule is O=C(OCc1ccccc1)C1=CC2c3sc(/C=C4/C(=O)c5ccccc5C4=S)cc3C(C(=O)OCc3ccccc3)=CC2c2sc(C=C3C(=S)c4ccccc4C3=S)cc21. The molecule has 0 bridgehead atoms. The van der Waals surface area contributed by atoms with E-state index in [1.807, 2.05) is 140 Å². The van der Waals surface area contributed by atoms with E-state index in [1.54, 1.807) is 17.4 Å². The van der Waals surface area contributed by atoms with Crippen LogP contribution >= 0.6 is 59.3 Å². The number of benzene rings is 4. The van der Waals surface area contributed by atoms with Crippen LogP contribution in [0.2, 0.25) is 0 Å². The van der Waals surface area contributed by atoms with Gasteiger partial charge in [-0.25, -0.2) is 9.59 Å². The average Bonchev–Trinajstić information content (AvgIpc) is 4.03. The van der Waals surface area contributed by atoms with E-state index in [2.05, 4.69) is 0 Å². The first-order valence-corrected chi connectivity index (χ1v) is 22.0. The summed E-state index contributed by atoms with van der Waals surface area (Å²) in [6.07, 6.45) is 7.78. The molecule has 4 aliphatic rings. The Morgan fingerprint density at radius 1 is 0.517 bits per heavy atom. The van der Waals surface area contributed by atoms with E-state index in [-0.39, 0.29) is 30.8 Å². The van der Waals surface area contributed by atoms with Gasteiger partial charge >= 0.3 is 11.9 Å². The molecule has 0 fully saturated rings. The van der Waals surface area contributed by atoms with Crippen molar-refractivity contribution in [2.24, 2.45) is 0 Å². The third-order valence-corrected chi connectivity index (χ3v) is 14.8. The molecule has 0 radical (unpaired) electrons. The summed E-state index contributed by atoms with van der Waals surface area (Å²) in [5, 5.41) is 0. The highest BCUT2D eigenvalue weighted by Gasteiger charge is 2.41. The van der Waals surface area contributed by atoms with Gasteiger partial charge in [-0.05, 0) is 35.4 Å². The fourth-order valence-electron chi connectivity index (χ4n) is 8.18. The third kappa shape index (κ3) is 6.74. The number of rotatable bonds is 8. The van der Waals surface area contributed by atoms with Gasteiger partial charge in [0.15, 0.2) is 5.78 Å². The standard InChI is InChI=1S/C50H30O5S5/c51-43-31-15-7-8-16-32(31)44(56)41(43)21-29-19-35-39(49(52)54-25-27-11-3-1-4-12-27)24-38-37(47(35)59-29)23-40(50(53)55-26-28-13-5-2-6-14-28)36-20-30(60-48(36)38)22-42-45(57)33-17-9-10-18-34(33)46(42)58/h1-24,37-38H,25-26H2/b41-21-. The summed E-state index contributed by atoms with van der Waals surface area (Å²) in [5.74, 6) is -1.71. The second kappa shape index (κ2) is 15.6. The molecule has 2 aromatic heterocycles. The summed E-state index contributed by atoms with van der Waals surface area (Å²) in [7, 11) is 0. The Morgan fingerprint density at radius 2 is 0.900 bits per heavy atom. The van der Waals surface area contributed by atoms with Crippen molar-refractivity contribution in [1.82, 2.24) is 0 Å². The Balaban J connectivity index is 1.09. The van der Waals surface area contributed by atoms with Crippen molar-refractivity contribution in [1.29, 1.82) is 0 Å². The van der Waals surface area contributed by atoms with Crippen LogP contribution in [0, 0.1) is 0 Å². The molecule has 5 nitrogen and oxygen atoms in total. The van der Waals surface area contributed by atoms with Crippen LogP contribution < -0.4 is 0 Å². The average molecular weight is 871 g/mol. The Hall–Kier alpha value is -5.88. The van der Waals surface area contributed by atoms with Crippen LogP contribution in [0.15, 0.2) is 145 Å². The summed E-state index contributed by atoms with van der Waals surface area (Å²) in [6, 6.07) is 38.3. The number of carbonyl (C=O) groups excluding carboxylic acids is 3. The van der Waals surface area contributed by atoms with Gasteiger partial charge in [-0.1, -0.05) is 158 Å². The van der Waals surface area contributed by atoms with E-state index in [4.69, 9.17) is 46.1 Å². The lowest BCUT2D eigenvalue weighted by atomic mass is 9.74. The second-order valence-corrected chi connectivity index (χ2v) is 18.2.